The van der Waals surface area contributed by atoms with Crippen LogP contribution in [0.1, 0.15) is 28.8 Å². The maximum Gasteiger partial charge on any atom is 0.340 e. The van der Waals surface area contributed by atoms with Crippen LogP contribution in [-0.4, -0.2) is 50.0 Å². The fraction of sp³-hybridized carbons (Fsp3) is 0.500. The normalized spacial score (nSPS) is 11.7. The van der Waals surface area contributed by atoms with Gasteiger partial charge in [0.15, 0.2) is 0 Å². The van der Waals surface area contributed by atoms with Crippen LogP contribution in [0.3, 0.4) is 0 Å². The Bertz CT molecular complexity index is 659. The predicted molar refractivity (Wildman–Crippen MR) is 71.6 cm³/mol. The Morgan fingerprint density at radius 3 is 2.29 bits per heavy atom. The number of carbonyl (C=O) groups excluding carboxylic acids is 1. The second kappa shape index (κ2) is 6.27. The fourth-order valence-electron chi connectivity index (χ4n) is 1.93. The lowest BCUT2D eigenvalue weighted by Crippen LogP contribution is -2.36. The molecule has 0 spiro atoms. The number of carboxylic acids is 1. The fourth-order valence-corrected chi connectivity index (χ4v) is 3.69. The molecule has 0 saturated heterocycles. The average molecular weight is 319 g/mol. The number of hydrogen-bond donors (Lipinski definition) is 1. The van der Waals surface area contributed by atoms with Gasteiger partial charge in [-0.05, 0) is 13.8 Å². The SMILES string of the molecule is CCN(CC(=O)OC)S(=O)(=O)c1c(C)oc(C)c1C(=O)O. The van der Waals surface area contributed by atoms with Gasteiger partial charge >= 0.3 is 11.9 Å². The van der Waals surface area contributed by atoms with E-state index in [-0.39, 0.29) is 18.1 Å². The highest BCUT2D eigenvalue weighted by Gasteiger charge is 2.35. The number of rotatable bonds is 6. The number of likely N-dealkylation sites (N-methyl/N-ethyl adjacent to an activating group) is 1. The maximum atomic E-state index is 12.6. The van der Waals surface area contributed by atoms with Gasteiger partial charge in [0.2, 0.25) is 10.0 Å². The average Bonchev–Trinajstić information content (AvgIpc) is 2.70. The van der Waals surface area contributed by atoms with E-state index < -0.39 is 39.0 Å². The first-order valence-corrected chi connectivity index (χ1v) is 7.51. The summed E-state index contributed by atoms with van der Waals surface area (Å²) in [6.45, 7) is 3.74. The summed E-state index contributed by atoms with van der Waals surface area (Å²) in [4.78, 5) is 22.1. The van der Waals surface area contributed by atoms with Gasteiger partial charge in [-0.3, -0.25) is 4.79 Å². The van der Waals surface area contributed by atoms with Crippen molar-refractivity contribution in [2.24, 2.45) is 0 Å². The van der Waals surface area contributed by atoms with Crippen molar-refractivity contribution < 1.29 is 32.3 Å². The lowest BCUT2D eigenvalue weighted by Gasteiger charge is -2.19. The van der Waals surface area contributed by atoms with Crippen LogP contribution in [0, 0.1) is 13.8 Å². The molecule has 0 aliphatic rings. The minimum atomic E-state index is -4.18. The van der Waals surface area contributed by atoms with Crippen LogP contribution in [0.5, 0.6) is 0 Å². The van der Waals surface area contributed by atoms with E-state index in [0.717, 1.165) is 11.4 Å². The van der Waals surface area contributed by atoms with Gasteiger partial charge in [0.05, 0.1) is 7.11 Å². The van der Waals surface area contributed by atoms with Crippen LogP contribution in [0.25, 0.3) is 0 Å². The second-order valence-electron chi connectivity index (χ2n) is 4.23. The summed E-state index contributed by atoms with van der Waals surface area (Å²) in [5.41, 5.74) is -0.421. The minimum Gasteiger partial charge on any atom is -0.478 e. The summed E-state index contributed by atoms with van der Waals surface area (Å²) in [5, 5.41) is 9.17. The molecule has 118 valence electrons. The van der Waals surface area contributed by atoms with Crippen molar-refractivity contribution in [2.75, 3.05) is 20.2 Å². The molecule has 0 radical (unpaired) electrons. The monoisotopic (exact) mass is 319 g/mol. The van der Waals surface area contributed by atoms with Gasteiger partial charge in [-0.1, -0.05) is 6.92 Å². The molecular weight excluding hydrogens is 302 g/mol. The van der Waals surface area contributed by atoms with Crippen LogP contribution >= 0.6 is 0 Å². The zero-order valence-electron chi connectivity index (χ0n) is 12.2. The molecule has 0 aromatic carbocycles. The first-order valence-electron chi connectivity index (χ1n) is 6.07. The highest BCUT2D eigenvalue weighted by molar-refractivity contribution is 7.89. The van der Waals surface area contributed by atoms with E-state index in [2.05, 4.69) is 4.74 Å². The third kappa shape index (κ3) is 3.24. The van der Waals surface area contributed by atoms with Gasteiger partial charge in [-0.15, -0.1) is 0 Å². The van der Waals surface area contributed by atoms with Crippen molar-refractivity contribution in [3.63, 3.8) is 0 Å². The summed E-state index contributed by atoms with van der Waals surface area (Å²) in [6.07, 6.45) is 0. The molecule has 0 amide bonds. The quantitative estimate of drug-likeness (QED) is 0.770. The topological polar surface area (TPSA) is 114 Å². The molecule has 1 aromatic heterocycles. The van der Waals surface area contributed by atoms with Gasteiger partial charge in [0, 0.05) is 6.54 Å². The van der Waals surface area contributed by atoms with Gasteiger partial charge in [-0.2, -0.15) is 4.31 Å². The molecular formula is C12H17NO7S. The van der Waals surface area contributed by atoms with E-state index in [1.54, 1.807) is 0 Å². The maximum absolute atomic E-state index is 12.6. The van der Waals surface area contributed by atoms with E-state index in [0.29, 0.717) is 0 Å². The Hall–Kier alpha value is -1.87. The van der Waals surface area contributed by atoms with Crippen molar-refractivity contribution in [1.82, 2.24) is 4.31 Å². The van der Waals surface area contributed by atoms with E-state index in [4.69, 9.17) is 4.42 Å². The number of carbonyl (C=O) groups is 2. The molecule has 1 aromatic rings. The Kier molecular flexibility index (Phi) is 5.13. The molecule has 21 heavy (non-hydrogen) atoms. The Morgan fingerprint density at radius 2 is 1.86 bits per heavy atom. The summed E-state index contributed by atoms with van der Waals surface area (Å²) >= 11 is 0. The van der Waals surface area contributed by atoms with Gasteiger partial charge < -0.3 is 14.3 Å². The number of carboxylic acid groups (broad SMARTS) is 1. The largest absolute Gasteiger partial charge is 0.478 e. The summed E-state index contributed by atoms with van der Waals surface area (Å²) in [6, 6.07) is 0. The van der Waals surface area contributed by atoms with Gasteiger partial charge in [0.25, 0.3) is 0 Å². The molecule has 0 unspecified atom stereocenters. The molecule has 0 saturated carbocycles. The van der Waals surface area contributed by atoms with Crippen molar-refractivity contribution in [3.8, 4) is 0 Å². The second-order valence-corrected chi connectivity index (χ2v) is 6.11. The van der Waals surface area contributed by atoms with Crippen LogP contribution in [0.4, 0.5) is 0 Å². The number of aryl methyl sites for hydroxylation is 2. The lowest BCUT2D eigenvalue weighted by atomic mass is 10.2. The number of nitrogens with zero attached hydrogens (tertiary/aromatic N) is 1. The minimum absolute atomic E-state index is 0.00676. The molecule has 1 heterocycles. The molecule has 0 aliphatic heterocycles. The number of methoxy groups -OCH3 is 1. The van der Waals surface area contributed by atoms with E-state index >= 15 is 0 Å². The summed E-state index contributed by atoms with van der Waals surface area (Å²) in [7, 11) is -3.05. The van der Waals surface area contributed by atoms with E-state index in [1.807, 2.05) is 0 Å². The standard InChI is InChI=1S/C12H17NO7S/c1-5-13(6-9(14)19-4)21(17,18)11-8(3)20-7(2)10(11)12(15)16/h5-6H2,1-4H3,(H,15,16). The summed E-state index contributed by atoms with van der Waals surface area (Å²) in [5.74, 6) is -2.19. The highest BCUT2D eigenvalue weighted by atomic mass is 32.2. The van der Waals surface area contributed by atoms with Crippen molar-refractivity contribution in [2.45, 2.75) is 25.7 Å². The van der Waals surface area contributed by atoms with Crippen LogP contribution in [-0.2, 0) is 19.6 Å². The number of esters is 1. The smallest absolute Gasteiger partial charge is 0.340 e. The van der Waals surface area contributed by atoms with Crippen LogP contribution < -0.4 is 0 Å². The molecule has 1 rings (SSSR count). The summed E-state index contributed by atoms with van der Waals surface area (Å²) < 4.78 is 35.5. The number of ether oxygens (including phenoxy) is 1. The third-order valence-corrected chi connectivity index (χ3v) is 4.98. The van der Waals surface area contributed by atoms with Gasteiger partial charge in [-0.25, -0.2) is 13.2 Å². The number of hydrogen-bond acceptors (Lipinski definition) is 6. The zero-order chi connectivity index (χ0) is 16.4. The molecule has 8 nitrogen and oxygen atoms in total. The van der Waals surface area contributed by atoms with Crippen molar-refractivity contribution >= 4 is 22.0 Å². The number of sulfonamides is 1. The molecule has 1 N–H and O–H groups in total. The van der Waals surface area contributed by atoms with E-state index in [1.165, 1.54) is 20.8 Å². The van der Waals surface area contributed by atoms with Crippen molar-refractivity contribution in [3.05, 3.63) is 17.1 Å². The molecule has 0 atom stereocenters. The Balaban J connectivity index is 3.42. The Morgan fingerprint density at radius 1 is 1.29 bits per heavy atom. The molecule has 0 bridgehead atoms. The third-order valence-electron chi connectivity index (χ3n) is 2.90. The number of furan rings is 1. The molecule has 0 fully saturated rings. The lowest BCUT2D eigenvalue weighted by molar-refractivity contribution is -0.140. The highest BCUT2D eigenvalue weighted by Crippen LogP contribution is 2.29. The number of aromatic carboxylic acids is 1. The van der Waals surface area contributed by atoms with Crippen molar-refractivity contribution in [1.29, 1.82) is 0 Å². The van der Waals surface area contributed by atoms with Crippen LogP contribution in [0.2, 0.25) is 0 Å². The first kappa shape index (κ1) is 17.2. The van der Waals surface area contributed by atoms with E-state index in [9.17, 15) is 23.1 Å². The van der Waals surface area contributed by atoms with Crippen LogP contribution in [0.15, 0.2) is 9.31 Å². The molecule has 0 aliphatic carbocycles. The zero-order valence-corrected chi connectivity index (χ0v) is 13.0. The van der Waals surface area contributed by atoms with Gasteiger partial charge in [0.1, 0.15) is 28.5 Å². The Labute approximate surface area is 122 Å². The first-order chi connectivity index (χ1) is 9.66. The predicted octanol–water partition coefficient (Wildman–Crippen LogP) is 0.778. The molecule has 9 heteroatoms.